The largest absolute Gasteiger partial charge is 0.449 e. The Balaban J connectivity index is 1.81. The summed E-state index contributed by atoms with van der Waals surface area (Å²) in [4.78, 5) is 25.4. The van der Waals surface area contributed by atoms with Gasteiger partial charge in [-0.1, -0.05) is 12.1 Å². The molecule has 0 aromatic heterocycles. The first kappa shape index (κ1) is 19.4. The number of ether oxygens (including phenoxy) is 3. The monoisotopic (exact) mass is 351 g/mol. The van der Waals surface area contributed by atoms with Crippen LogP contribution in [0.15, 0.2) is 24.3 Å². The number of hydrogen-bond donors (Lipinski definition) is 2. The topological polar surface area (TPSA) is 78.3 Å². The van der Waals surface area contributed by atoms with Gasteiger partial charge in [0.2, 0.25) is 0 Å². The van der Waals surface area contributed by atoms with E-state index in [1.165, 1.54) is 10.5 Å². The fourth-order valence-corrected chi connectivity index (χ4v) is 2.59. The number of nitrogens with one attached hydrogen (secondary N) is 2. The van der Waals surface area contributed by atoms with Crippen molar-refractivity contribution >= 4 is 11.9 Å². The van der Waals surface area contributed by atoms with E-state index in [4.69, 9.17) is 14.2 Å². The summed E-state index contributed by atoms with van der Waals surface area (Å²) in [7, 11) is 1.56. The molecular weight excluding hydrogens is 324 g/mol. The second kappa shape index (κ2) is 10.1. The Kier molecular flexibility index (Phi) is 7.84. The highest BCUT2D eigenvalue weighted by Crippen LogP contribution is 2.07. The highest BCUT2D eigenvalue weighted by Gasteiger charge is 2.19. The molecule has 0 spiro atoms. The highest BCUT2D eigenvalue weighted by molar-refractivity contribution is 5.92. The molecule has 7 nitrogen and oxygen atoms in total. The number of esters is 1. The Labute approximate surface area is 148 Å². The fourth-order valence-electron chi connectivity index (χ4n) is 2.59. The molecule has 1 atom stereocenters. The maximum atomic E-state index is 12.1. The Morgan fingerprint density at radius 1 is 1.24 bits per heavy atom. The first-order chi connectivity index (χ1) is 12.1. The van der Waals surface area contributed by atoms with Crippen LogP contribution in [0.2, 0.25) is 0 Å². The van der Waals surface area contributed by atoms with Gasteiger partial charge in [0.1, 0.15) is 19.6 Å². The molecule has 0 radical (unpaired) electrons. The lowest BCUT2D eigenvalue weighted by Gasteiger charge is -2.23. The average Bonchev–Trinajstić information content (AvgIpc) is 2.63. The molecule has 2 rings (SSSR count). The summed E-state index contributed by atoms with van der Waals surface area (Å²) in [6.07, 6.45) is -0.846. The zero-order chi connectivity index (χ0) is 18.1. The third-order valence-corrected chi connectivity index (χ3v) is 4.10. The van der Waals surface area contributed by atoms with Crippen LogP contribution in [0, 0.1) is 0 Å². The average molecular weight is 351 g/mol. The molecule has 1 heterocycles. The van der Waals surface area contributed by atoms with Crippen molar-refractivity contribution in [1.29, 1.82) is 0 Å². The minimum Gasteiger partial charge on any atom is -0.449 e. The van der Waals surface area contributed by atoms with E-state index in [-0.39, 0.29) is 5.91 Å². The standard InChI is InChI=1S/C18H26N2O5/c1-14(17(21)19-7-10-23-2)25-18(22)16-5-3-15(4-6-16)13-20-8-11-24-12-9-20/h3-6,14H,7-13H2,1-2H3,(H,19,21)/p+1/t14-/m1/s1. The van der Waals surface area contributed by atoms with Gasteiger partial charge in [-0.25, -0.2) is 4.79 Å². The molecule has 0 bridgehead atoms. The number of carbonyl (C=O) groups is 2. The third kappa shape index (κ3) is 6.45. The van der Waals surface area contributed by atoms with Gasteiger partial charge in [0, 0.05) is 19.2 Å². The van der Waals surface area contributed by atoms with Crippen LogP contribution in [0.4, 0.5) is 0 Å². The van der Waals surface area contributed by atoms with E-state index in [2.05, 4.69) is 5.32 Å². The van der Waals surface area contributed by atoms with Crippen molar-refractivity contribution in [2.45, 2.75) is 19.6 Å². The van der Waals surface area contributed by atoms with Gasteiger partial charge in [-0.15, -0.1) is 0 Å². The number of morpholine rings is 1. The number of rotatable bonds is 8. The molecule has 1 aliphatic heterocycles. The van der Waals surface area contributed by atoms with Crippen molar-refractivity contribution in [1.82, 2.24) is 5.32 Å². The predicted molar refractivity (Wildman–Crippen MR) is 91.4 cm³/mol. The molecule has 1 saturated heterocycles. The smallest absolute Gasteiger partial charge is 0.338 e. The van der Waals surface area contributed by atoms with Crippen LogP contribution < -0.4 is 10.2 Å². The number of carbonyl (C=O) groups excluding carboxylic acids is 2. The summed E-state index contributed by atoms with van der Waals surface area (Å²) in [6.45, 7) is 6.86. The first-order valence-corrected chi connectivity index (χ1v) is 8.58. The minimum atomic E-state index is -0.846. The molecule has 0 saturated carbocycles. The molecule has 1 aromatic carbocycles. The van der Waals surface area contributed by atoms with Crippen LogP contribution in [0.25, 0.3) is 0 Å². The summed E-state index contributed by atoms with van der Waals surface area (Å²) < 4.78 is 15.4. The molecule has 2 N–H and O–H groups in total. The number of benzene rings is 1. The summed E-state index contributed by atoms with van der Waals surface area (Å²) in [6, 6.07) is 7.35. The van der Waals surface area contributed by atoms with Crippen molar-refractivity contribution in [2.24, 2.45) is 0 Å². The normalized spacial score (nSPS) is 16.2. The maximum Gasteiger partial charge on any atom is 0.338 e. The first-order valence-electron chi connectivity index (χ1n) is 8.58. The number of quaternary nitrogens is 1. The molecule has 0 unspecified atom stereocenters. The van der Waals surface area contributed by atoms with Gasteiger partial charge in [-0.2, -0.15) is 0 Å². The Hall–Kier alpha value is -1.96. The summed E-state index contributed by atoms with van der Waals surface area (Å²) >= 11 is 0. The molecule has 1 aliphatic rings. The Morgan fingerprint density at radius 2 is 1.92 bits per heavy atom. The van der Waals surface area contributed by atoms with Crippen molar-refractivity contribution in [3.05, 3.63) is 35.4 Å². The summed E-state index contributed by atoms with van der Waals surface area (Å²) in [5, 5.41) is 2.64. The van der Waals surface area contributed by atoms with Gasteiger partial charge in [-0.3, -0.25) is 4.79 Å². The SMILES string of the molecule is COCCNC(=O)[C@@H](C)OC(=O)c1ccc(C[NH+]2CCOCC2)cc1. The Morgan fingerprint density at radius 3 is 2.56 bits per heavy atom. The van der Waals surface area contributed by atoms with Gasteiger partial charge < -0.3 is 24.4 Å². The maximum absolute atomic E-state index is 12.1. The van der Waals surface area contributed by atoms with E-state index in [1.54, 1.807) is 26.2 Å². The summed E-state index contributed by atoms with van der Waals surface area (Å²) in [5.74, 6) is -0.836. The van der Waals surface area contributed by atoms with Crippen LogP contribution in [0.3, 0.4) is 0 Å². The second-order valence-corrected chi connectivity index (χ2v) is 6.07. The van der Waals surface area contributed by atoms with E-state index >= 15 is 0 Å². The molecular formula is C18H27N2O5+. The third-order valence-electron chi connectivity index (χ3n) is 4.10. The van der Waals surface area contributed by atoms with Crippen LogP contribution in [0.5, 0.6) is 0 Å². The lowest BCUT2D eigenvalue weighted by atomic mass is 10.1. The van der Waals surface area contributed by atoms with Gasteiger partial charge in [0.15, 0.2) is 6.10 Å². The van der Waals surface area contributed by atoms with Crippen molar-refractivity contribution in [3.8, 4) is 0 Å². The highest BCUT2D eigenvalue weighted by atomic mass is 16.5. The van der Waals surface area contributed by atoms with Crippen LogP contribution in [-0.2, 0) is 25.5 Å². The van der Waals surface area contributed by atoms with E-state index < -0.39 is 12.1 Å². The second-order valence-electron chi connectivity index (χ2n) is 6.07. The van der Waals surface area contributed by atoms with E-state index in [9.17, 15) is 9.59 Å². The van der Waals surface area contributed by atoms with Crippen LogP contribution in [-0.4, -0.2) is 64.5 Å². The van der Waals surface area contributed by atoms with Crippen LogP contribution >= 0.6 is 0 Å². The summed E-state index contributed by atoms with van der Waals surface area (Å²) in [5.41, 5.74) is 1.61. The van der Waals surface area contributed by atoms with Crippen molar-refractivity contribution in [2.75, 3.05) is 46.6 Å². The molecule has 1 aromatic rings. The van der Waals surface area contributed by atoms with Crippen LogP contribution in [0.1, 0.15) is 22.8 Å². The fraction of sp³-hybridized carbons (Fsp3) is 0.556. The molecule has 1 amide bonds. The molecule has 0 aliphatic carbocycles. The lowest BCUT2D eigenvalue weighted by Crippen LogP contribution is -3.12. The number of amides is 1. The van der Waals surface area contributed by atoms with Gasteiger partial charge in [0.05, 0.1) is 25.4 Å². The molecule has 138 valence electrons. The van der Waals surface area contributed by atoms with Gasteiger partial charge in [0.25, 0.3) is 5.91 Å². The quantitative estimate of drug-likeness (QED) is 0.484. The number of methoxy groups -OCH3 is 1. The van der Waals surface area contributed by atoms with Crippen molar-refractivity contribution in [3.63, 3.8) is 0 Å². The van der Waals surface area contributed by atoms with Gasteiger partial charge in [-0.05, 0) is 19.1 Å². The van der Waals surface area contributed by atoms with E-state index in [1.807, 2.05) is 12.1 Å². The van der Waals surface area contributed by atoms with E-state index in [0.717, 1.165) is 32.8 Å². The molecule has 25 heavy (non-hydrogen) atoms. The zero-order valence-corrected chi connectivity index (χ0v) is 14.9. The predicted octanol–water partition coefficient (Wildman–Crippen LogP) is -0.590. The molecule has 1 fully saturated rings. The minimum absolute atomic E-state index is 0.335. The van der Waals surface area contributed by atoms with E-state index in [0.29, 0.717) is 18.7 Å². The Bertz CT molecular complexity index is 555. The zero-order valence-electron chi connectivity index (χ0n) is 14.9. The van der Waals surface area contributed by atoms with Gasteiger partial charge >= 0.3 is 5.97 Å². The number of hydrogen-bond acceptors (Lipinski definition) is 5. The van der Waals surface area contributed by atoms with Crippen molar-refractivity contribution < 1.29 is 28.7 Å². The molecule has 7 heteroatoms. The lowest BCUT2D eigenvalue weighted by molar-refractivity contribution is -0.921.